The van der Waals surface area contributed by atoms with Gasteiger partial charge in [0.25, 0.3) is 0 Å². The average Bonchev–Trinajstić information content (AvgIpc) is 2.87. The molecule has 0 aliphatic carbocycles. The highest BCUT2D eigenvalue weighted by atomic mass is 16.6. The van der Waals surface area contributed by atoms with Crippen molar-refractivity contribution in [1.29, 1.82) is 0 Å². The second kappa shape index (κ2) is 5.47. The molecule has 0 aromatic rings. The highest BCUT2D eigenvalue weighted by Crippen LogP contribution is 2.21. The monoisotopic (exact) mass is 198 g/mol. The highest BCUT2D eigenvalue weighted by Gasteiger charge is 2.26. The Morgan fingerprint density at radius 2 is 2.14 bits per heavy atom. The van der Waals surface area contributed by atoms with Crippen molar-refractivity contribution in [3.8, 4) is 0 Å². The summed E-state index contributed by atoms with van der Waals surface area (Å²) in [6, 6.07) is 0. The summed E-state index contributed by atoms with van der Waals surface area (Å²) >= 11 is 0. The number of hydrogen-bond acceptors (Lipinski definition) is 3. The van der Waals surface area contributed by atoms with Crippen molar-refractivity contribution < 1.29 is 14.3 Å². The molecule has 0 spiro atoms. The van der Waals surface area contributed by atoms with E-state index < -0.39 is 5.41 Å². The van der Waals surface area contributed by atoms with Crippen LogP contribution in [0.1, 0.15) is 20.3 Å². The van der Waals surface area contributed by atoms with Crippen LogP contribution in [0.25, 0.3) is 0 Å². The van der Waals surface area contributed by atoms with Crippen molar-refractivity contribution in [2.24, 2.45) is 5.41 Å². The van der Waals surface area contributed by atoms with Crippen LogP contribution in [-0.4, -0.2) is 19.7 Å². The molecule has 0 atom stereocenters. The molecule has 0 N–H and O–H groups in total. The molecule has 1 heterocycles. The molecule has 1 aliphatic heterocycles. The lowest BCUT2D eigenvalue weighted by Crippen LogP contribution is -2.24. The minimum atomic E-state index is -0.420. The van der Waals surface area contributed by atoms with Gasteiger partial charge in [0, 0.05) is 0 Å². The summed E-state index contributed by atoms with van der Waals surface area (Å²) in [6.07, 6.45) is 2.37. The number of hydrogen-bond donors (Lipinski definition) is 0. The van der Waals surface area contributed by atoms with Crippen molar-refractivity contribution in [3.63, 3.8) is 0 Å². The first-order valence-corrected chi connectivity index (χ1v) is 4.44. The summed E-state index contributed by atoms with van der Waals surface area (Å²) in [7, 11) is 1.40. The topological polar surface area (TPSA) is 38.8 Å². The third kappa shape index (κ3) is 5.41. The fourth-order valence-corrected chi connectivity index (χ4v) is 0.772. The molecular formula is C11H18O3. The van der Waals surface area contributed by atoms with Crippen LogP contribution in [0.5, 0.6) is 0 Å². The van der Waals surface area contributed by atoms with Gasteiger partial charge in [-0.1, -0.05) is 12.7 Å². The normalized spacial score (nSPS) is 13.2. The molecule has 0 aromatic carbocycles. The molecule has 3 heteroatoms. The quantitative estimate of drug-likeness (QED) is 0.397. The lowest BCUT2D eigenvalue weighted by atomic mass is 9.90. The van der Waals surface area contributed by atoms with Crippen LogP contribution in [0.4, 0.5) is 0 Å². The first-order valence-electron chi connectivity index (χ1n) is 4.44. The Bertz CT molecular complexity index is 223. The minimum absolute atomic E-state index is 0.188. The Labute approximate surface area is 85.4 Å². The second-order valence-electron chi connectivity index (χ2n) is 3.70. The van der Waals surface area contributed by atoms with E-state index in [0.717, 1.165) is 12.4 Å². The number of ether oxygens (including phenoxy) is 2. The zero-order valence-corrected chi connectivity index (χ0v) is 9.13. The fraction of sp³-hybridized carbons (Fsp3) is 0.545. The van der Waals surface area contributed by atoms with Gasteiger partial charge in [0.15, 0.2) is 0 Å². The number of carbonyl (C=O) groups excluding carboxylic acids is 1. The van der Waals surface area contributed by atoms with E-state index in [0.29, 0.717) is 6.42 Å². The standard InChI is InChI=1S/C8H14O2.C3H4O/c1-5-6-8(2,3)7(9)10-4;1-3-2-4-3/h5H,1,6H2,2-4H3;1-2H2. The SMILES string of the molecule is C=C1CO1.C=CCC(C)(C)C(=O)OC. The predicted octanol–water partition coefficient (Wildman–Crippen LogP) is 2.29. The minimum Gasteiger partial charge on any atom is -0.487 e. The summed E-state index contributed by atoms with van der Waals surface area (Å²) in [4.78, 5) is 11.0. The van der Waals surface area contributed by atoms with Crippen molar-refractivity contribution in [2.45, 2.75) is 20.3 Å². The molecule has 3 nitrogen and oxygen atoms in total. The van der Waals surface area contributed by atoms with E-state index in [4.69, 9.17) is 0 Å². The summed E-state index contributed by atoms with van der Waals surface area (Å²) in [5.41, 5.74) is -0.420. The maximum Gasteiger partial charge on any atom is 0.311 e. The van der Waals surface area contributed by atoms with E-state index in [2.05, 4.69) is 22.6 Å². The molecule has 80 valence electrons. The van der Waals surface area contributed by atoms with Gasteiger partial charge in [-0.2, -0.15) is 0 Å². The smallest absolute Gasteiger partial charge is 0.311 e. The predicted molar refractivity (Wildman–Crippen MR) is 55.7 cm³/mol. The van der Waals surface area contributed by atoms with Gasteiger partial charge < -0.3 is 9.47 Å². The van der Waals surface area contributed by atoms with E-state index in [1.165, 1.54) is 7.11 Å². The number of allylic oxidation sites excluding steroid dienone is 1. The Morgan fingerprint density at radius 3 is 2.36 bits per heavy atom. The summed E-state index contributed by atoms with van der Waals surface area (Å²) in [5.74, 6) is 0.729. The number of esters is 1. The molecular weight excluding hydrogens is 180 g/mol. The number of epoxide rings is 1. The van der Waals surface area contributed by atoms with E-state index in [1.807, 2.05) is 13.8 Å². The van der Waals surface area contributed by atoms with E-state index >= 15 is 0 Å². The Kier molecular flexibility index (Phi) is 4.99. The molecule has 0 bridgehead atoms. The van der Waals surface area contributed by atoms with E-state index in [-0.39, 0.29) is 5.97 Å². The van der Waals surface area contributed by atoms with Crippen molar-refractivity contribution in [1.82, 2.24) is 0 Å². The zero-order chi connectivity index (χ0) is 11.2. The van der Waals surface area contributed by atoms with Gasteiger partial charge in [-0.15, -0.1) is 6.58 Å². The molecule has 1 saturated heterocycles. The second-order valence-corrected chi connectivity index (χ2v) is 3.70. The fourth-order valence-electron chi connectivity index (χ4n) is 0.772. The molecule has 1 aliphatic rings. The molecule has 0 unspecified atom stereocenters. The van der Waals surface area contributed by atoms with Crippen LogP contribution in [0.15, 0.2) is 25.0 Å². The van der Waals surface area contributed by atoms with Crippen LogP contribution in [0, 0.1) is 5.41 Å². The van der Waals surface area contributed by atoms with Gasteiger partial charge in [-0.25, -0.2) is 0 Å². The Balaban J connectivity index is 0.000000344. The largest absolute Gasteiger partial charge is 0.487 e. The number of rotatable bonds is 3. The van der Waals surface area contributed by atoms with Crippen molar-refractivity contribution >= 4 is 5.97 Å². The van der Waals surface area contributed by atoms with Crippen molar-refractivity contribution in [3.05, 3.63) is 25.0 Å². The first kappa shape index (κ1) is 12.8. The van der Waals surface area contributed by atoms with Crippen LogP contribution in [0.3, 0.4) is 0 Å². The Morgan fingerprint density at radius 1 is 1.71 bits per heavy atom. The molecule has 0 saturated carbocycles. The van der Waals surface area contributed by atoms with Gasteiger partial charge in [0.1, 0.15) is 12.4 Å². The van der Waals surface area contributed by atoms with Gasteiger partial charge >= 0.3 is 5.97 Å². The third-order valence-corrected chi connectivity index (χ3v) is 1.74. The summed E-state index contributed by atoms with van der Waals surface area (Å²) in [6.45, 7) is 11.5. The number of methoxy groups -OCH3 is 1. The van der Waals surface area contributed by atoms with Gasteiger partial charge in [0.05, 0.1) is 12.5 Å². The van der Waals surface area contributed by atoms with Gasteiger partial charge in [0.2, 0.25) is 0 Å². The van der Waals surface area contributed by atoms with Crippen LogP contribution in [0.2, 0.25) is 0 Å². The maximum absolute atomic E-state index is 11.0. The zero-order valence-electron chi connectivity index (χ0n) is 9.13. The summed E-state index contributed by atoms with van der Waals surface area (Å²) < 4.78 is 9.09. The lowest BCUT2D eigenvalue weighted by Gasteiger charge is -2.18. The van der Waals surface area contributed by atoms with Crippen LogP contribution < -0.4 is 0 Å². The van der Waals surface area contributed by atoms with E-state index in [9.17, 15) is 4.79 Å². The van der Waals surface area contributed by atoms with E-state index in [1.54, 1.807) is 6.08 Å². The highest BCUT2D eigenvalue weighted by molar-refractivity contribution is 5.75. The molecule has 1 fully saturated rings. The van der Waals surface area contributed by atoms with Gasteiger partial charge in [-0.3, -0.25) is 4.79 Å². The lowest BCUT2D eigenvalue weighted by molar-refractivity contribution is -0.150. The van der Waals surface area contributed by atoms with Crippen LogP contribution in [-0.2, 0) is 14.3 Å². The molecule has 0 aromatic heterocycles. The van der Waals surface area contributed by atoms with Crippen LogP contribution >= 0.6 is 0 Å². The Hall–Kier alpha value is -1.25. The third-order valence-electron chi connectivity index (χ3n) is 1.74. The molecule has 1 rings (SSSR count). The number of carbonyl (C=O) groups is 1. The average molecular weight is 198 g/mol. The van der Waals surface area contributed by atoms with Crippen molar-refractivity contribution in [2.75, 3.05) is 13.7 Å². The first-order chi connectivity index (χ1) is 6.44. The maximum atomic E-state index is 11.0. The molecule has 0 amide bonds. The molecule has 0 radical (unpaired) electrons. The molecule has 14 heavy (non-hydrogen) atoms. The van der Waals surface area contributed by atoms with Gasteiger partial charge in [-0.05, 0) is 20.3 Å². The summed E-state index contributed by atoms with van der Waals surface area (Å²) in [5, 5.41) is 0.